The first-order chi connectivity index (χ1) is 16.1. The Morgan fingerprint density at radius 3 is 2.52 bits per heavy atom. The monoisotopic (exact) mass is 440 g/mol. The van der Waals surface area contributed by atoms with E-state index in [9.17, 15) is 10.5 Å². The molecule has 2 aromatic rings. The van der Waals surface area contributed by atoms with Crippen LogP contribution in [0.3, 0.4) is 0 Å². The number of anilines is 2. The number of likely N-dealkylation sites (tertiary alicyclic amines) is 1. The summed E-state index contributed by atoms with van der Waals surface area (Å²) in [6.07, 6.45) is 11.3. The number of piperidine rings is 1. The number of hydrogen-bond acceptors (Lipinski definition) is 6. The molecule has 0 unspecified atom stereocenters. The highest BCUT2D eigenvalue weighted by atomic mass is 15.2. The Balaban J connectivity index is 1.42. The molecule has 0 bridgehead atoms. The number of rotatable bonds is 10. The maximum Gasteiger partial charge on any atom is 0.149 e. The predicted molar refractivity (Wildman–Crippen MR) is 133 cm³/mol. The fourth-order valence-electron chi connectivity index (χ4n) is 4.35. The zero-order valence-electron chi connectivity index (χ0n) is 19.4. The number of pyridine rings is 1. The predicted octanol–water partition coefficient (Wildman–Crippen LogP) is 4.39. The summed E-state index contributed by atoms with van der Waals surface area (Å²) in [6, 6.07) is 16.5. The summed E-state index contributed by atoms with van der Waals surface area (Å²) >= 11 is 0. The van der Waals surface area contributed by atoms with Gasteiger partial charge in [0.1, 0.15) is 23.8 Å². The molecular formula is C27H32N6. The molecule has 2 heterocycles. The van der Waals surface area contributed by atoms with Crippen molar-refractivity contribution in [3.05, 3.63) is 53.1 Å². The average Bonchev–Trinajstić information content (AvgIpc) is 2.85. The standard InChI is InChI=1S/C27H32N6/c1-3-15-32(2)27-25(20-29)18-24(19-28)26(31-27)30-14-8-7-9-22-12-16-33(17-13-22)21-23-10-5-4-6-11-23/h1,4-6,10-11,18,22H,7-9,12-17,21H2,2H3,(H,30,31). The van der Waals surface area contributed by atoms with Crippen molar-refractivity contribution in [3.63, 3.8) is 0 Å². The lowest BCUT2D eigenvalue weighted by Gasteiger charge is -2.32. The average molecular weight is 441 g/mol. The van der Waals surface area contributed by atoms with Crippen molar-refractivity contribution in [3.8, 4) is 24.5 Å². The molecular weight excluding hydrogens is 408 g/mol. The molecule has 1 fully saturated rings. The summed E-state index contributed by atoms with van der Waals surface area (Å²) in [7, 11) is 1.80. The smallest absolute Gasteiger partial charge is 0.149 e. The maximum atomic E-state index is 9.47. The fraction of sp³-hybridized carbons (Fsp3) is 0.444. The van der Waals surface area contributed by atoms with E-state index in [1.165, 1.54) is 37.9 Å². The molecule has 1 N–H and O–H groups in total. The van der Waals surface area contributed by atoms with Crippen molar-refractivity contribution in [2.45, 2.75) is 38.6 Å². The molecule has 6 heteroatoms. The number of nitrogens with zero attached hydrogens (tertiary/aromatic N) is 5. The lowest BCUT2D eigenvalue weighted by Crippen LogP contribution is -2.33. The Labute approximate surface area is 197 Å². The van der Waals surface area contributed by atoms with E-state index in [2.05, 4.69) is 63.6 Å². The van der Waals surface area contributed by atoms with Gasteiger partial charge in [0.15, 0.2) is 0 Å². The van der Waals surface area contributed by atoms with E-state index >= 15 is 0 Å². The summed E-state index contributed by atoms with van der Waals surface area (Å²) in [5, 5.41) is 22.2. The summed E-state index contributed by atoms with van der Waals surface area (Å²) < 4.78 is 0. The summed E-state index contributed by atoms with van der Waals surface area (Å²) in [4.78, 5) is 8.83. The van der Waals surface area contributed by atoms with E-state index in [0.29, 0.717) is 29.3 Å². The van der Waals surface area contributed by atoms with Crippen LogP contribution >= 0.6 is 0 Å². The van der Waals surface area contributed by atoms with Gasteiger partial charge in [0, 0.05) is 20.1 Å². The third kappa shape index (κ3) is 6.98. The Morgan fingerprint density at radius 2 is 1.85 bits per heavy atom. The molecule has 3 rings (SSSR count). The number of aromatic nitrogens is 1. The van der Waals surface area contributed by atoms with E-state index in [-0.39, 0.29) is 0 Å². The van der Waals surface area contributed by atoms with Crippen LogP contribution in [0.25, 0.3) is 0 Å². The van der Waals surface area contributed by atoms with Gasteiger partial charge in [0.05, 0.1) is 17.7 Å². The van der Waals surface area contributed by atoms with E-state index in [0.717, 1.165) is 31.8 Å². The van der Waals surface area contributed by atoms with Gasteiger partial charge in [0.2, 0.25) is 0 Å². The molecule has 1 aliphatic heterocycles. The molecule has 1 aliphatic rings. The molecule has 1 aromatic carbocycles. The Morgan fingerprint density at radius 1 is 1.12 bits per heavy atom. The second-order valence-electron chi connectivity index (χ2n) is 8.67. The van der Waals surface area contributed by atoms with Gasteiger partial charge in [-0.15, -0.1) is 6.42 Å². The first kappa shape index (κ1) is 24.1. The molecule has 6 nitrogen and oxygen atoms in total. The second-order valence-corrected chi connectivity index (χ2v) is 8.67. The maximum absolute atomic E-state index is 9.47. The van der Waals surface area contributed by atoms with Gasteiger partial charge in [-0.25, -0.2) is 4.98 Å². The first-order valence-electron chi connectivity index (χ1n) is 11.6. The van der Waals surface area contributed by atoms with Crippen molar-refractivity contribution < 1.29 is 0 Å². The third-order valence-electron chi connectivity index (χ3n) is 6.22. The minimum Gasteiger partial charge on any atom is -0.369 e. The number of hydrogen-bond donors (Lipinski definition) is 1. The molecule has 0 radical (unpaired) electrons. The van der Waals surface area contributed by atoms with Gasteiger partial charge < -0.3 is 10.2 Å². The van der Waals surface area contributed by atoms with Crippen molar-refractivity contribution in [1.29, 1.82) is 10.5 Å². The van der Waals surface area contributed by atoms with Crippen LogP contribution in [-0.4, -0.2) is 43.1 Å². The van der Waals surface area contributed by atoms with Crippen LogP contribution in [0.15, 0.2) is 36.4 Å². The van der Waals surface area contributed by atoms with Crippen LogP contribution in [-0.2, 0) is 6.54 Å². The molecule has 1 saturated heterocycles. The SMILES string of the molecule is C#CCN(C)c1nc(NCCCCC2CCN(Cc3ccccc3)CC2)c(C#N)cc1C#N. The lowest BCUT2D eigenvalue weighted by atomic mass is 9.91. The quantitative estimate of drug-likeness (QED) is 0.436. The minimum atomic E-state index is 0.344. The molecule has 33 heavy (non-hydrogen) atoms. The lowest BCUT2D eigenvalue weighted by molar-refractivity contribution is 0.170. The molecule has 0 spiro atoms. The Hall–Kier alpha value is -3.53. The first-order valence-corrected chi connectivity index (χ1v) is 11.6. The van der Waals surface area contributed by atoms with Crippen LogP contribution in [0.2, 0.25) is 0 Å². The zero-order chi connectivity index (χ0) is 23.5. The molecule has 0 saturated carbocycles. The zero-order valence-corrected chi connectivity index (χ0v) is 19.4. The number of unbranched alkanes of at least 4 members (excludes halogenated alkanes) is 1. The van der Waals surface area contributed by atoms with E-state index in [1.54, 1.807) is 18.0 Å². The summed E-state index contributed by atoms with van der Waals surface area (Å²) in [5.74, 6) is 4.37. The highest BCUT2D eigenvalue weighted by Gasteiger charge is 2.19. The number of terminal acetylenes is 1. The number of benzene rings is 1. The van der Waals surface area contributed by atoms with Gasteiger partial charge in [-0.05, 0) is 49.9 Å². The van der Waals surface area contributed by atoms with Crippen molar-refractivity contribution in [1.82, 2.24) is 9.88 Å². The van der Waals surface area contributed by atoms with Crippen LogP contribution in [0, 0.1) is 40.9 Å². The van der Waals surface area contributed by atoms with Crippen molar-refractivity contribution in [2.75, 3.05) is 43.4 Å². The molecule has 170 valence electrons. The van der Waals surface area contributed by atoms with Gasteiger partial charge in [-0.3, -0.25) is 4.90 Å². The molecule has 0 amide bonds. The second kappa shape index (κ2) is 12.5. The summed E-state index contributed by atoms with van der Waals surface area (Å²) in [5.41, 5.74) is 2.13. The normalized spacial score (nSPS) is 14.1. The van der Waals surface area contributed by atoms with Gasteiger partial charge in [0.25, 0.3) is 0 Å². The number of nitriles is 2. The fourth-order valence-corrected chi connectivity index (χ4v) is 4.35. The molecule has 0 atom stereocenters. The molecule has 0 aliphatic carbocycles. The molecule has 1 aromatic heterocycles. The van der Waals surface area contributed by atoms with Gasteiger partial charge >= 0.3 is 0 Å². The Bertz CT molecular complexity index is 1020. The van der Waals surface area contributed by atoms with Crippen LogP contribution < -0.4 is 10.2 Å². The van der Waals surface area contributed by atoms with Crippen molar-refractivity contribution >= 4 is 11.6 Å². The van der Waals surface area contributed by atoms with Gasteiger partial charge in [-0.1, -0.05) is 49.1 Å². The largest absolute Gasteiger partial charge is 0.369 e. The summed E-state index contributed by atoms with van der Waals surface area (Å²) in [6.45, 7) is 4.49. The topological polar surface area (TPSA) is 79.0 Å². The number of nitrogens with one attached hydrogen (secondary N) is 1. The van der Waals surface area contributed by atoms with Gasteiger partial charge in [-0.2, -0.15) is 10.5 Å². The highest BCUT2D eigenvalue weighted by Crippen LogP contribution is 2.25. The van der Waals surface area contributed by atoms with Crippen molar-refractivity contribution in [2.24, 2.45) is 5.92 Å². The van der Waals surface area contributed by atoms with E-state index < -0.39 is 0 Å². The van der Waals surface area contributed by atoms with Crippen LogP contribution in [0.4, 0.5) is 11.6 Å². The third-order valence-corrected chi connectivity index (χ3v) is 6.22. The van der Waals surface area contributed by atoms with Crippen LogP contribution in [0.5, 0.6) is 0 Å². The van der Waals surface area contributed by atoms with E-state index in [4.69, 9.17) is 6.42 Å². The van der Waals surface area contributed by atoms with E-state index in [1.807, 2.05) is 0 Å². The van der Waals surface area contributed by atoms with Crippen LogP contribution in [0.1, 0.15) is 48.8 Å². The minimum absolute atomic E-state index is 0.344. The highest BCUT2D eigenvalue weighted by molar-refractivity contribution is 5.64. The Kier molecular flexibility index (Phi) is 9.13.